The summed E-state index contributed by atoms with van der Waals surface area (Å²) in [5.41, 5.74) is 0. The Kier molecular flexibility index (Phi) is 2.94. The Morgan fingerprint density at radius 2 is 2.00 bits per heavy atom. The molecule has 0 radical (unpaired) electrons. The summed E-state index contributed by atoms with van der Waals surface area (Å²) in [6.45, 7) is 3.95. The molecular weight excluding hydrogens is 176 g/mol. The predicted molar refractivity (Wildman–Crippen MR) is 57.4 cm³/mol. The highest BCUT2D eigenvalue weighted by Crippen LogP contribution is 2.26. The van der Waals surface area contributed by atoms with E-state index in [4.69, 9.17) is 4.74 Å². The van der Waals surface area contributed by atoms with Crippen molar-refractivity contribution in [1.29, 1.82) is 0 Å². The van der Waals surface area contributed by atoms with Gasteiger partial charge in [-0.2, -0.15) is 0 Å². The van der Waals surface area contributed by atoms with E-state index in [2.05, 4.69) is 23.9 Å². The third kappa shape index (κ3) is 2.02. The Balaban J connectivity index is 1.88. The zero-order valence-corrected chi connectivity index (χ0v) is 9.20. The molecule has 2 rings (SSSR count). The monoisotopic (exact) mass is 196 g/mol. The van der Waals surface area contributed by atoms with E-state index in [1.54, 1.807) is 0 Å². The van der Waals surface area contributed by atoms with Crippen molar-refractivity contribution in [3.05, 3.63) is 0 Å². The molecule has 0 aromatic carbocycles. The van der Waals surface area contributed by atoms with Gasteiger partial charge in [0.2, 0.25) is 0 Å². The van der Waals surface area contributed by atoms with Crippen LogP contribution in [0.2, 0.25) is 0 Å². The Morgan fingerprint density at radius 3 is 2.57 bits per heavy atom. The normalized spacial score (nSPS) is 32.3. The van der Waals surface area contributed by atoms with Crippen LogP contribution in [0.15, 0.2) is 4.99 Å². The van der Waals surface area contributed by atoms with Gasteiger partial charge in [-0.15, -0.1) is 0 Å². The minimum atomic E-state index is 0.656. The lowest BCUT2D eigenvalue weighted by molar-refractivity contribution is 0.195. The van der Waals surface area contributed by atoms with Gasteiger partial charge in [0.25, 0.3) is 6.02 Å². The van der Waals surface area contributed by atoms with Crippen LogP contribution in [0.1, 0.15) is 32.6 Å². The SMILES string of the molecule is CC1CCC(N(C)C2=NCCO2)CC1. The molecule has 0 bridgehead atoms. The smallest absolute Gasteiger partial charge is 0.287 e. The van der Waals surface area contributed by atoms with Crippen molar-refractivity contribution < 1.29 is 4.74 Å². The summed E-state index contributed by atoms with van der Waals surface area (Å²) in [6, 6.07) is 1.52. The lowest BCUT2D eigenvalue weighted by Crippen LogP contribution is -2.39. The maximum absolute atomic E-state index is 5.47. The van der Waals surface area contributed by atoms with Crippen LogP contribution >= 0.6 is 0 Å². The number of ether oxygens (including phenoxy) is 1. The van der Waals surface area contributed by atoms with E-state index in [1.807, 2.05) is 0 Å². The van der Waals surface area contributed by atoms with Gasteiger partial charge in [0.05, 0.1) is 6.54 Å². The molecule has 1 heterocycles. The lowest BCUT2D eigenvalue weighted by atomic mass is 9.87. The van der Waals surface area contributed by atoms with E-state index < -0.39 is 0 Å². The van der Waals surface area contributed by atoms with Gasteiger partial charge in [-0.1, -0.05) is 6.92 Å². The Bertz CT molecular complexity index is 219. The minimum absolute atomic E-state index is 0.656. The summed E-state index contributed by atoms with van der Waals surface area (Å²) >= 11 is 0. The molecule has 0 spiro atoms. The van der Waals surface area contributed by atoms with Crippen LogP contribution < -0.4 is 0 Å². The maximum Gasteiger partial charge on any atom is 0.287 e. The van der Waals surface area contributed by atoms with Crippen molar-refractivity contribution in [2.45, 2.75) is 38.6 Å². The second kappa shape index (κ2) is 4.20. The van der Waals surface area contributed by atoms with Crippen LogP contribution in [0.4, 0.5) is 0 Å². The van der Waals surface area contributed by atoms with Gasteiger partial charge < -0.3 is 9.64 Å². The van der Waals surface area contributed by atoms with Crippen molar-refractivity contribution >= 4 is 6.02 Å². The molecule has 0 aromatic rings. The van der Waals surface area contributed by atoms with Gasteiger partial charge in [0.1, 0.15) is 6.61 Å². The molecule has 3 nitrogen and oxygen atoms in total. The number of hydrogen-bond donors (Lipinski definition) is 0. The van der Waals surface area contributed by atoms with Crippen LogP contribution in [0.3, 0.4) is 0 Å². The highest BCUT2D eigenvalue weighted by molar-refractivity contribution is 5.75. The Morgan fingerprint density at radius 1 is 1.29 bits per heavy atom. The van der Waals surface area contributed by atoms with Gasteiger partial charge in [0, 0.05) is 13.1 Å². The largest absolute Gasteiger partial charge is 0.463 e. The van der Waals surface area contributed by atoms with Crippen LogP contribution in [0.5, 0.6) is 0 Å². The molecule has 14 heavy (non-hydrogen) atoms. The van der Waals surface area contributed by atoms with Crippen LogP contribution in [-0.2, 0) is 4.74 Å². The van der Waals surface area contributed by atoms with E-state index in [-0.39, 0.29) is 0 Å². The van der Waals surface area contributed by atoms with Crippen LogP contribution in [0, 0.1) is 5.92 Å². The van der Waals surface area contributed by atoms with Crippen molar-refractivity contribution in [3.63, 3.8) is 0 Å². The molecule has 0 unspecified atom stereocenters. The first kappa shape index (κ1) is 9.81. The zero-order valence-electron chi connectivity index (χ0n) is 9.20. The summed E-state index contributed by atoms with van der Waals surface area (Å²) in [7, 11) is 2.12. The first-order chi connectivity index (χ1) is 6.77. The number of nitrogens with zero attached hydrogens (tertiary/aromatic N) is 2. The molecule has 1 fully saturated rings. The molecule has 1 aliphatic heterocycles. The molecule has 80 valence electrons. The number of rotatable bonds is 1. The van der Waals surface area contributed by atoms with Crippen molar-refractivity contribution in [3.8, 4) is 0 Å². The first-order valence-electron chi connectivity index (χ1n) is 5.67. The van der Waals surface area contributed by atoms with Crippen molar-refractivity contribution in [2.75, 3.05) is 20.2 Å². The van der Waals surface area contributed by atoms with E-state index in [1.165, 1.54) is 25.7 Å². The number of aliphatic imine (C=N–C) groups is 1. The second-order valence-electron chi connectivity index (χ2n) is 4.54. The Hall–Kier alpha value is -0.730. The van der Waals surface area contributed by atoms with Gasteiger partial charge in [-0.3, -0.25) is 0 Å². The molecule has 0 N–H and O–H groups in total. The lowest BCUT2D eigenvalue weighted by Gasteiger charge is -2.33. The van der Waals surface area contributed by atoms with Gasteiger partial charge in [-0.05, 0) is 31.6 Å². The second-order valence-corrected chi connectivity index (χ2v) is 4.54. The molecule has 3 heteroatoms. The average molecular weight is 196 g/mol. The van der Waals surface area contributed by atoms with E-state index in [0.717, 1.165) is 25.1 Å². The summed E-state index contributed by atoms with van der Waals surface area (Å²) in [6.07, 6.45) is 5.28. The summed E-state index contributed by atoms with van der Waals surface area (Å²) in [5.74, 6) is 0.908. The van der Waals surface area contributed by atoms with Crippen molar-refractivity contribution in [1.82, 2.24) is 4.90 Å². The Labute approximate surface area is 86.1 Å². The van der Waals surface area contributed by atoms with Gasteiger partial charge in [0.15, 0.2) is 0 Å². The zero-order chi connectivity index (χ0) is 9.97. The molecule has 2 aliphatic rings. The minimum Gasteiger partial charge on any atom is -0.463 e. The predicted octanol–water partition coefficient (Wildman–Crippen LogP) is 1.88. The standard InChI is InChI=1S/C11H20N2O/c1-9-3-5-10(6-4-9)13(2)11-12-7-8-14-11/h9-10H,3-8H2,1-2H3. The van der Waals surface area contributed by atoms with Gasteiger partial charge >= 0.3 is 0 Å². The summed E-state index contributed by atoms with van der Waals surface area (Å²) in [5, 5.41) is 0. The molecule has 0 atom stereocenters. The van der Waals surface area contributed by atoms with Crippen molar-refractivity contribution in [2.24, 2.45) is 10.9 Å². The molecule has 0 amide bonds. The quantitative estimate of drug-likeness (QED) is 0.639. The topological polar surface area (TPSA) is 24.8 Å². The fraction of sp³-hybridized carbons (Fsp3) is 0.909. The summed E-state index contributed by atoms with van der Waals surface area (Å²) < 4.78 is 5.47. The molecule has 0 saturated heterocycles. The highest BCUT2D eigenvalue weighted by Gasteiger charge is 2.25. The van der Waals surface area contributed by atoms with Gasteiger partial charge in [-0.25, -0.2) is 4.99 Å². The average Bonchev–Trinajstić information content (AvgIpc) is 2.71. The third-order valence-electron chi connectivity index (χ3n) is 3.40. The highest BCUT2D eigenvalue weighted by atomic mass is 16.5. The molecule has 1 saturated carbocycles. The van der Waals surface area contributed by atoms with Crippen LogP contribution in [-0.4, -0.2) is 37.2 Å². The molecule has 1 aliphatic carbocycles. The first-order valence-corrected chi connectivity index (χ1v) is 5.67. The fourth-order valence-electron chi connectivity index (χ4n) is 2.32. The van der Waals surface area contributed by atoms with E-state index in [9.17, 15) is 0 Å². The fourth-order valence-corrected chi connectivity index (χ4v) is 2.32. The van der Waals surface area contributed by atoms with E-state index in [0.29, 0.717) is 6.04 Å². The number of amidine groups is 1. The third-order valence-corrected chi connectivity index (χ3v) is 3.40. The number of hydrogen-bond acceptors (Lipinski definition) is 3. The molecular formula is C11H20N2O. The van der Waals surface area contributed by atoms with Crippen LogP contribution in [0.25, 0.3) is 0 Å². The van der Waals surface area contributed by atoms with E-state index >= 15 is 0 Å². The summed E-state index contributed by atoms with van der Waals surface area (Å²) in [4.78, 5) is 6.59. The molecule has 0 aromatic heterocycles. The maximum atomic E-state index is 5.47.